The molecule has 0 aromatic heterocycles. The van der Waals surface area contributed by atoms with Crippen molar-refractivity contribution in [3.8, 4) is 17.2 Å². The molecule has 162 valence electrons. The molecule has 0 amide bonds. The summed E-state index contributed by atoms with van der Waals surface area (Å²) in [6.07, 6.45) is 0. The lowest BCUT2D eigenvalue weighted by Gasteiger charge is -2.37. The van der Waals surface area contributed by atoms with Gasteiger partial charge < -0.3 is 24.3 Å². The van der Waals surface area contributed by atoms with E-state index in [1.165, 1.54) is 0 Å². The number of anilines is 1. The maximum Gasteiger partial charge on any atom is 0.338 e. The van der Waals surface area contributed by atoms with Crippen LogP contribution in [0, 0.1) is 0 Å². The summed E-state index contributed by atoms with van der Waals surface area (Å²) in [6.45, 7) is 4.93. The lowest BCUT2D eigenvalue weighted by Crippen LogP contribution is -2.48. The van der Waals surface area contributed by atoms with E-state index in [4.69, 9.17) is 31.2 Å². The van der Waals surface area contributed by atoms with Crippen molar-refractivity contribution in [2.45, 2.75) is 19.9 Å². The summed E-state index contributed by atoms with van der Waals surface area (Å²) in [6, 6.07) is 12.7. The first-order chi connectivity index (χ1) is 15.0. The van der Waals surface area contributed by atoms with Gasteiger partial charge in [-0.25, -0.2) is 4.79 Å². The fourth-order valence-corrected chi connectivity index (χ4v) is 4.13. The van der Waals surface area contributed by atoms with Crippen molar-refractivity contribution in [3.63, 3.8) is 0 Å². The van der Waals surface area contributed by atoms with Crippen molar-refractivity contribution in [2.24, 2.45) is 0 Å². The van der Waals surface area contributed by atoms with Crippen LogP contribution in [0.4, 0.5) is 5.69 Å². The molecule has 4 rings (SSSR count). The van der Waals surface area contributed by atoms with Crippen LogP contribution in [0.25, 0.3) is 0 Å². The molecule has 1 N–H and O–H groups in total. The van der Waals surface area contributed by atoms with E-state index in [0.717, 1.165) is 11.3 Å². The Kier molecular flexibility index (Phi) is 5.99. The van der Waals surface area contributed by atoms with E-state index in [9.17, 15) is 4.79 Å². The van der Waals surface area contributed by atoms with E-state index in [0.29, 0.717) is 46.8 Å². The third kappa shape index (κ3) is 4.03. The first kappa shape index (κ1) is 21.0. The molecule has 2 aromatic carbocycles. The minimum atomic E-state index is -0.463. The van der Waals surface area contributed by atoms with Crippen LogP contribution in [0.15, 0.2) is 53.7 Å². The summed E-state index contributed by atoms with van der Waals surface area (Å²) in [5.41, 5.74) is 2.79. The van der Waals surface area contributed by atoms with Gasteiger partial charge in [0.15, 0.2) is 16.6 Å². The molecular formula is C23H24N2O5S. The number of carbonyl (C=O) groups excluding carboxylic acids is 1. The average molecular weight is 441 g/mol. The Hall–Kier alpha value is -3.26. The summed E-state index contributed by atoms with van der Waals surface area (Å²) in [4.78, 5) is 14.8. The molecule has 8 heteroatoms. The van der Waals surface area contributed by atoms with Crippen molar-refractivity contribution in [1.29, 1.82) is 0 Å². The Morgan fingerprint density at radius 1 is 1.19 bits per heavy atom. The fourth-order valence-electron chi connectivity index (χ4n) is 3.77. The number of fused-ring (bicyclic) bond motifs is 1. The van der Waals surface area contributed by atoms with Gasteiger partial charge in [0.05, 0.1) is 31.0 Å². The van der Waals surface area contributed by atoms with Gasteiger partial charge in [-0.3, -0.25) is 4.90 Å². The highest BCUT2D eigenvalue weighted by Crippen LogP contribution is 2.39. The highest BCUT2D eigenvalue weighted by Gasteiger charge is 2.36. The number of hydrogen-bond acceptors (Lipinski definition) is 6. The van der Waals surface area contributed by atoms with Crippen LogP contribution in [-0.2, 0) is 9.53 Å². The number of methoxy groups -OCH3 is 1. The molecule has 0 bridgehead atoms. The molecule has 0 unspecified atom stereocenters. The molecule has 31 heavy (non-hydrogen) atoms. The van der Waals surface area contributed by atoms with Gasteiger partial charge in [0.2, 0.25) is 0 Å². The monoisotopic (exact) mass is 440 g/mol. The largest absolute Gasteiger partial charge is 0.497 e. The number of benzene rings is 2. The van der Waals surface area contributed by atoms with E-state index in [2.05, 4.69) is 5.32 Å². The molecule has 2 aliphatic rings. The summed E-state index contributed by atoms with van der Waals surface area (Å²) < 4.78 is 22.1. The summed E-state index contributed by atoms with van der Waals surface area (Å²) in [5, 5.41) is 3.77. The molecule has 7 nitrogen and oxygen atoms in total. The fraction of sp³-hybridized carbons (Fsp3) is 0.304. The standard InChI is InChI=1S/C23H24N2O5S/c1-4-28-22(26)20-14(2)25(16-8-9-18-19(13-16)30-11-10-29-18)23(31)24-21(20)15-6-5-7-17(12-15)27-3/h5-9,12-13,21H,4,10-11H2,1-3H3,(H,24,31)/t21-/m0/s1. The first-order valence-electron chi connectivity index (χ1n) is 10.1. The van der Waals surface area contributed by atoms with Crippen LogP contribution < -0.4 is 24.4 Å². The zero-order valence-electron chi connectivity index (χ0n) is 17.6. The second-order valence-corrected chi connectivity index (χ2v) is 7.43. The van der Waals surface area contributed by atoms with E-state index < -0.39 is 12.0 Å². The Labute approximate surface area is 186 Å². The number of hydrogen-bond donors (Lipinski definition) is 1. The number of esters is 1. The topological polar surface area (TPSA) is 69.3 Å². The molecule has 0 radical (unpaired) electrons. The quantitative estimate of drug-likeness (QED) is 0.557. The highest BCUT2D eigenvalue weighted by molar-refractivity contribution is 7.80. The van der Waals surface area contributed by atoms with Crippen LogP contribution in [-0.4, -0.2) is 38.0 Å². The van der Waals surface area contributed by atoms with Crippen molar-refractivity contribution in [3.05, 3.63) is 59.3 Å². The van der Waals surface area contributed by atoms with Crippen LogP contribution in [0.1, 0.15) is 25.5 Å². The number of carbonyl (C=O) groups is 1. The SMILES string of the molecule is CCOC(=O)C1=C(C)N(c2ccc3c(c2)OCCO3)C(=S)N[C@H]1c1cccc(OC)c1. The van der Waals surface area contributed by atoms with Gasteiger partial charge in [-0.1, -0.05) is 12.1 Å². The average Bonchev–Trinajstić information content (AvgIpc) is 2.78. The molecule has 0 aliphatic carbocycles. The van der Waals surface area contributed by atoms with Gasteiger partial charge in [-0.2, -0.15) is 0 Å². The number of ether oxygens (including phenoxy) is 4. The molecule has 0 saturated heterocycles. The smallest absolute Gasteiger partial charge is 0.338 e. The third-order valence-corrected chi connectivity index (χ3v) is 5.49. The van der Waals surface area contributed by atoms with Crippen molar-refractivity contribution in [2.75, 3.05) is 31.8 Å². The number of allylic oxidation sites excluding steroid dienone is 1. The highest BCUT2D eigenvalue weighted by atomic mass is 32.1. The van der Waals surface area contributed by atoms with Crippen molar-refractivity contribution in [1.82, 2.24) is 5.32 Å². The number of rotatable bonds is 5. The minimum absolute atomic E-state index is 0.273. The van der Waals surface area contributed by atoms with Crippen molar-refractivity contribution >= 4 is 29.0 Å². The van der Waals surface area contributed by atoms with E-state index in [-0.39, 0.29) is 6.61 Å². The number of nitrogens with zero attached hydrogens (tertiary/aromatic N) is 1. The third-order valence-electron chi connectivity index (χ3n) is 5.19. The predicted molar refractivity (Wildman–Crippen MR) is 121 cm³/mol. The number of nitrogens with one attached hydrogen (secondary N) is 1. The Morgan fingerprint density at radius 3 is 2.71 bits per heavy atom. The summed E-state index contributed by atoms with van der Waals surface area (Å²) in [7, 11) is 1.61. The van der Waals surface area contributed by atoms with Gasteiger partial charge in [0.25, 0.3) is 0 Å². The van der Waals surface area contributed by atoms with Crippen LogP contribution in [0.3, 0.4) is 0 Å². The van der Waals surface area contributed by atoms with Crippen molar-refractivity contribution < 1.29 is 23.7 Å². The lowest BCUT2D eigenvalue weighted by molar-refractivity contribution is -0.139. The normalized spacial score (nSPS) is 17.8. The zero-order chi connectivity index (χ0) is 22.0. The molecule has 2 aliphatic heterocycles. The molecular weight excluding hydrogens is 416 g/mol. The second-order valence-electron chi connectivity index (χ2n) is 7.04. The Morgan fingerprint density at radius 2 is 1.97 bits per heavy atom. The first-order valence-corrected chi connectivity index (χ1v) is 10.5. The van der Waals surface area contributed by atoms with Gasteiger partial charge in [-0.15, -0.1) is 0 Å². The van der Waals surface area contributed by atoms with E-state index in [1.807, 2.05) is 54.3 Å². The molecule has 1 atom stereocenters. The predicted octanol–water partition coefficient (Wildman–Crippen LogP) is 3.74. The minimum Gasteiger partial charge on any atom is -0.497 e. The van der Waals surface area contributed by atoms with Crippen LogP contribution in [0.5, 0.6) is 17.2 Å². The lowest BCUT2D eigenvalue weighted by atomic mass is 9.94. The maximum atomic E-state index is 13.0. The molecule has 2 heterocycles. The molecule has 0 saturated carbocycles. The van der Waals surface area contributed by atoms with Gasteiger partial charge in [0, 0.05) is 11.8 Å². The van der Waals surface area contributed by atoms with E-state index in [1.54, 1.807) is 14.0 Å². The van der Waals surface area contributed by atoms with Crippen LogP contribution >= 0.6 is 12.2 Å². The summed E-state index contributed by atoms with van der Waals surface area (Å²) in [5.74, 6) is 1.63. The Bertz CT molecular complexity index is 1050. The maximum absolute atomic E-state index is 13.0. The van der Waals surface area contributed by atoms with E-state index >= 15 is 0 Å². The second kappa shape index (κ2) is 8.85. The summed E-state index contributed by atoms with van der Waals surface area (Å²) >= 11 is 5.71. The number of thiocarbonyl (C=S) groups is 1. The van der Waals surface area contributed by atoms with Crippen LogP contribution in [0.2, 0.25) is 0 Å². The van der Waals surface area contributed by atoms with Gasteiger partial charge in [0.1, 0.15) is 19.0 Å². The Balaban J connectivity index is 1.80. The molecule has 2 aromatic rings. The zero-order valence-corrected chi connectivity index (χ0v) is 18.5. The molecule has 0 spiro atoms. The van der Waals surface area contributed by atoms with Gasteiger partial charge >= 0.3 is 5.97 Å². The molecule has 0 fully saturated rings. The van der Waals surface area contributed by atoms with Gasteiger partial charge in [-0.05, 0) is 55.9 Å².